The quantitative estimate of drug-likeness (QED) is 0.785. The van der Waals surface area contributed by atoms with Crippen molar-refractivity contribution in [3.05, 3.63) is 53.6 Å². The minimum Gasteiger partial charge on any atom is -0.493 e. The third kappa shape index (κ3) is 3.36. The molecular formula is C20H21NO4. The second-order valence-electron chi connectivity index (χ2n) is 6.05. The van der Waals surface area contributed by atoms with E-state index in [0.717, 1.165) is 12.1 Å². The number of benzene rings is 2. The molecule has 0 saturated heterocycles. The number of anilines is 1. The molecule has 2 aromatic rings. The Bertz CT molecular complexity index is 815. The number of carbonyl (C=O) groups excluding carboxylic acids is 2. The molecule has 1 aliphatic rings. The van der Waals surface area contributed by atoms with E-state index in [-0.39, 0.29) is 11.7 Å². The van der Waals surface area contributed by atoms with Crippen LogP contribution in [0.4, 0.5) is 5.69 Å². The highest BCUT2D eigenvalue weighted by molar-refractivity contribution is 5.98. The van der Waals surface area contributed by atoms with Gasteiger partial charge in [0.25, 0.3) is 5.91 Å². The summed E-state index contributed by atoms with van der Waals surface area (Å²) in [6, 6.07) is 12.9. The summed E-state index contributed by atoms with van der Waals surface area (Å²) in [6.07, 6.45) is 0.189. The number of para-hydroxylation sites is 1. The Morgan fingerprint density at radius 1 is 1.12 bits per heavy atom. The van der Waals surface area contributed by atoms with Crippen molar-refractivity contribution in [1.82, 2.24) is 0 Å². The van der Waals surface area contributed by atoms with E-state index in [9.17, 15) is 9.59 Å². The summed E-state index contributed by atoms with van der Waals surface area (Å²) in [5, 5.41) is 0. The minimum absolute atomic E-state index is 0.0531. The predicted octanol–water partition coefficient (Wildman–Crippen LogP) is 3.25. The Labute approximate surface area is 147 Å². The molecule has 0 N–H and O–H groups in total. The molecule has 0 fully saturated rings. The second kappa shape index (κ2) is 6.97. The van der Waals surface area contributed by atoms with E-state index in [4.69, 9.17) is 9.47 Å². The van der Waals surface area contributed by atoms with E-state index < -0.39 is 6.10 Å². The van der Waals surface area contributed by atoms with Crippen LogP contribution >= 0.6 is 0 Å². The fourth-order valence-corrected chi connectivity index (χ4v) is 3.01. The van der Waals surface area contributed by atoms with Crippen LogP contribution in [0.3, 0.4) is 0 Å². The zero-order valence-corrected chi connectivity index (χ0v) is 14.6. The molecule has 5 heteroatoms. The van der Waals surface area contributed by atoms with Crippen LogP contribution in [-0.2, 0) is 11.2 Å². The number of ether oxygens (including phenoxy) is 2. The average Bonchev–Trinajstić information content (AvgIpc) is 3.05. The van der Waals surface area contributed by atoms with E-state index in [1.807, 2.05) is 24.3 Å². The van der Waals surface area contributed by atoms with Gasteiger partial charge in [-0.05, 0) is 50.1 Å². The maximum atomic E-state index is 12.8. The molecule has 1 amide bonds. The Kier molecular flexibility index (Phi) is 4.74. The Morgan fingerprint density at radius 2 is 1.88 bits per heavy atom. The SMILES string of the molecule is COc1cc(C(C)=O)ccc1O[C@H](C)C(=O)N1CCc2ccccc21. The van der Waals surface area contributed by atoms with Gasteiger partial charge in [0, 0.05) is 17.8 Å². The maximum absolute atomic E-state index is 12.8. The molecule has 0 saturated carbocycles. The Morgan fingerprint density at radius 3 is 2.60 bits per heavy atom. The van der Waals surface area contributed by atoms with Crippen LogP contribution in [0.2, 0.25) is 0 Å². The van der Waals surface area contributed by atoms with Gasteiger partial charge in [0.05, 0.1) is 7.11 Å². The molecule has 130 valence electrons. The van der Waals surface area contributed by atoms with Crippen LogP contribution in [0.5, 0.6) is 11.5 Å². The van der Waals surface area contributed by atoms with Crippen molar-refractivity contribution in [1.29, 1.82) is 0 Å². The van der Waals surface area contributed by atoms with Gasteiger partial charge < -0.3 is 14.4 Å². The van der Waals surface area contributed by atoms with Crippen LogP contribution in [0, 0.1) is 0 Å². The van der Waals surface area contributed by atoms with E-state index in [1.54, 1.807) is 30.0 Å². The van der Waals surface area contributed by atoms with Crippen LogP contribution in [-0.4, -0.2) is 31.4 Å². The molecule has 2 aromatic carbocycles. The van der Waals surface area contributed by atoms with Crippen LogP contribution in [0.15, 0.2) is 42.5 Å². The molecule has 25 heavy (non-hydrogen) atoms. The van der Waals surface area contributed by atoms with Crippen molar-refractivity contribution in [3.8, 4) is 11.5 Å². The predicted molar refractivity (Wildman–Crippen MR) is 95.6 cm³/mol. The monoisotopic (exact) mass is 339 g/mol. The lowest BCUT2D eigenvalue weighted by Gasteiger charge is -2.23. The number of methoxy groups -OCH3 is 1. The van der Waals surface area contributed by atoms with E-state index in [2.05, 4.69) is 0 Å². The van der Waals surface area contributed by atoms with Gasteiger partial charge in [-0.25, -0.2) is 0 Å². The summed E-state index contributed by atoms with van der Waals surface area (Å²) in [4.78, 5) is 26.0. The summed E-state index contributed by atoms with van der Waals surface area (Å²) in [7, 11) is 1.51. The first-order valence-corrected chi connectivity index (χ1v) is 8.26. The highest BCUT2D eigenvalue weighted by Gasteiger charge is 2.29. The number of nitrogens with zero attached hydrogens (tertiary/aromatic N) is 1. The second-order valence-corrected chi connectivity index (χ2v) is 6.05. The smallest absolute Gasteiger partial charge is 0.267 e. The lowest BCUT2D eigenvalue weighted by atomic mass is 10.1. The number of hydrogen-bond acceptors (Lipinski definition) is 4. The fourth-order valence-electron chi connectivity index (χ4n) is 3.01. The molecule has 3 rings (SSSR count). The fraction of sp³-hybridized carbons (Fsp3) is 0.300. The lowest BCUT2D eigenvalue weighted by Crippen LogP contribution is -2.39. The average molecular weight is 339 g/mol. The molecule has 1 atom stereocenters. The van der Waals surface area contributed by atoms with Crippen LogP contribution in [0.25, 0.3) is 0 Å². The highest BCUT2D eigenvalue weighted by Crippen LogP contribution is 2.31. The first-order chi connectivity index (χ1) is 12.0. The van der Waals surface area contributed by atoms with Crippen molar-refractivity contribution in [3.63, 3.8) is 0 Å². The van der Waals surface area contributed by atoms with Crippen molar-refractivity contribution in [2.24, 2.45) is 0 Å². The molecule has 1 heterocycles. The van der Waals surface area contributed by atoms with Crippen molar-refractivity contribution in [2.45, 2.75) is 26.4 Å². The van der Waals surface area contributed by atoms with E-state index in [0.29, 0.717) is 23.6 Å². The molecular weight excluding hydrogens is 318 g/mol. The Balaban J connectivity index is 1.77. The maximum Gasteiger partial charge on any atom is 0.267 e. The molecule has 0 bridgehead atoms. The molecule has 1 aliphatic heterocycles. The molecule has 0 unspecified atom stereocenters. The lowest BCUT2D eigenvalue weighted by molar-refractivity contribution is -0.124. The van der Waals surface area contributed by atoms with Gasteiger partial charge in [0.15, 0.2) is 23.4 Å². The van der Waals surface area contributed by atoms with Crippen molar-refractivity contribution < 1.29 is 19.1 Å². The summed E-state index contributed by atoms with van der Waals surface area (Å²) < 4.78 is 11.1. The van der Waals surface area contributed by atoms with E-state index in [1.165, 1.54) is 19.6 Å². The van der Waals surface area contributed by atoms with Gasteiger partial charge >= 0.3 is 0 Å². The van der Waals surface area contributed by atoms with Crippen molar-refractivity contribution in [2.75, 3.05) is 18.6 Å². The highest BCUT2D eigenvalue weighted by atomic mass is 16.5. The number of ketones is 1. The summed E-state index contributed by atoms with van der Waals surface area (Å²) in [6.45, 7) is 3.88. The number of Topliss-reactive ketones (excluding diaryl/α,β-unsaturated/α-hetero) is 1. The number of fused-ring (bicyclic) bond motifs is 1. The zero-order valence-electron chi connectivity index (χ0n) is 14.6. The summed E-state index contributed by atoms with van der Waals surface area (Å²) in [5.74, 6) is 0.736. The molecule has 5 nitrogen and oxygen atoms in total. The van der Waals surface area contributed by atoms with Crippen LogP contribution < -0.4 is 14.4 Å². The van der Waals surface area contributed by atoms with Gasteiger partial charge in [-0.3, -0.25) is 9.59 Å². The van der Waals surface area contributed by atoms with E-state index >= 15 is 0 Å². The Hall–Kier alpha value is -2.82. The molecule has 0 spiro atoms. The standard InChI is InChI=1S/C20H21NO4/c1-13(22)16-8-9-18(19(12-16)24-3)25-14(2)20(23)21-11-10-15-6-4-5-7-17(15)21/h4-9,12,14H,10-11H2,1-3H3/t14-/m1/s1. The number of carbonyl (C=O) groups is 2. The largest absolute Gasteiger partial charge is 0.493 e. The van der Waals surface area contributed by atoms with Gasteiger partial charge in [0.1, 0.15) is 0 Å². The first kappa shape index (κ1) is 17.0. The first-order valence-electron chi connectivity index (χ1n) is 8.26. The minimum atomic E-state index is -0.664. The zero-order chi connectivity index (χ0) is 18.0. The number of rotatable bonds is 5. The van der Waals surface area contributed by atoms with Gasteiger partial charge in [-0.2, -0.15) is 0 Å². The normalized spacial score (nSPS) is 14.0. The number of hydrogen-bond donors (Lipinski definition) is 0. The topological polar surface area (TPSA) is 55.8 Å². The molecule has 0 aromatic heterocycles. The van der Waals surface area contributed by atoms with Crippen LogP contribution in [0.1, 0.15) is 29.8 Å². The molecule has 0 aliphatic carbocycles. The van der Waals surface area contributed by atoms with Crippen molar-refractivity contribution >= 4 is 17.4 Å². The third-order valence-electron chi connectivity index (χ3n) is 4.37. The van der Waals surface area contributed by atoms with Gasteiger partial charge in [-0.1, -0.05) is 18.2 Å². The number of amides is 1. The van der Waals surface area contributed by atoms with Gasteiger partial charge in [-0.15, -0.1) is 0 Å². The summed E-state index contributed by atoms with van der Waals surface area (Å²) in [5.41, 5.74) is 2.66. The van der Waals surface area contributed by atoms with Gasteiger partial charge in [0.2, 0.25) is 0 Å². The molecule has 0 radical (unpaired) electrons. The summed E-state index contributed by atoms with van der Waals surface area (Å²) >= 11 is 0. The third-order valence-corrected chi connectivity index (χ3v) is 4.37.